The van der Waals surface area contributed by atoms with Gasteiger partial charge in [-0.05, 0) is 29.3 Å². The number of nitrogens with one attached hydrogen (secondary N) is 1. The van der Waals surface area contributed by atoms with E-state index < -0.39 is 0 Å². The van der Waals surface area contributed by atoms with E-state index in [2.05, 4.69) is 52.7 Å². The molecule has 2 aliphatic heterocycles. The van der Waals surface area contributed by atoms with Crippen molar-refractivity contribution in [1.82, 2.24) is 0 Å². The first kappa shape index (κ1) is 13.6. The van der Waals surface area contributed by atoms with Crippen LogP contribution in [-0.2, 0) is 11.3 Å². The SMILES string of the molecule is OC1CN(c2cccc(-c3ccc4c(c3)NCCOC4)c2)C1. The third-order valence-corrected chi connectivity index (χ3v) is 4.34. The van der Waals surface area contributed by atoms with Gasteiger partial charge in [-0.15, -0.1) is 0 Å². The Labute approximate surface area is 130 Å². The number of aliphatic hydroxyl groups excluding tert-OH is 1. The minimum Gasteiger partial charge on any atom is -0.389 e. The van der Waals surface area contributed by atoms with Gasteiger partial charge in [0.05, 0.1) is 19.3 Å². The van der Waals surface area contributed by atoms with Gasteiger partial charge < -0.3 is 20.1 Å². The molecule has 0 saturated carbocycles. The molecule has 0 atom stereocenters. The van der Waals surface area contributed by atoms with Crippen molar-refractivity contribution in [3.05, 3.63) is 48.0 Å². The van der Waals surface area contributed by atoms with E-state index >= 15 is 0 Å². The quantitative estimate of drug-likeness (QED) is 0.893. The van der Waals surface area contributed by atoms with Crippen molar-refractivity contribution in [3.63, 3.8) is 0 Å². The van der Waals surface area contributed by atoms with Gasteiger partial charge in [-0.3, -0.25) is 0 Å². The molecule has 4 rings (SSSR count). The summed E-state index contributed by atoms with van der Waals surface area (Å²) in [4.78, 5) is 2.20. The monoisotopic (exact) mass is 296 g/mol. The van der Waals surface area contributed by atoms with Crippen LogP contribution in [-0.4, -0.2) is 37.5 Å². The molecule has 2 aliphatic rings. The minimum atomic E-state index is -0.180. The van der Waals surface area contributed by atoms with Crippen molar-refractivity contribution in [1.29, 1.82) is 0 Å². The first-order valence-electron chi connectivity index (χ1n) is 7.77. The molecule has 0 aliphatic carbocycles. The lowest BCUT2D eigenvalue weighted by atomic mass is 10.0. The molecular formula is C18H20N2O2. The maximum Gasteiger partial charge on any atom is 0.0889 e. The van der Waals surface area contributed by atoms with Crippen LogP contribution in [0, 0.1) is 0 Å². The number of rotatable bonds is 2. The molecule has 2 aromatic carbocycles. The molecule has 4 nitrogen and oxygen atoms in total. The zero-order valence-electron chi connectivity index (χ0n) is 12.5. The van der Waals surface area contributed by atoms with Gasteiger partial charge in [0.1, 0.15) is 0 Å². The van der Waals surface area contributed by atoms with Crippen LogP contribution in [0.15, 0.2) is 42.5 Å². The molecule has 2 heterocycles. The average molecular weight is 296 g/mol. The Morgan fingerprint density at radius 2 is 1.95 bits per heavy atom. The highest BCUT2D eigenvalue weighted by Crippen LogP contribution is 2.30. The molecule has 0 spiro atoms. The van der Waals surface area contributed by atoms with Gasteiger partial charge in [-0.25, -0.2) is 0 Å². The van der Waals surface area contributed by atoms with Crippen LogP contribution in [0.1, 0.15) is 5.56 Å². The number of β-amino-alcohol motifs (C(OH)–C–C–N with tert-alkyl or cyclic N) is 1. The van der Waals surface area contributed by atoms with E-state index in [0.717, 1.165) is 26.2 Å². The van der Waals surface area contributed by atoms with Crippen LogP contribution in [0.2, 0.25) is 0 Å². The van der Waals surface area contributed by atoms with Crippen LogP contribution in [0.25, 0.3) is 11.1 Å². The van der Waals surface area contributed by atoms with Gasteiger partial charge in [-0.2, -0.15) is 0 Å². The highest BCUT2D eigenvalue weighted by atomic mass is 16.5. The summed E-state index contributed by atoms with van der Waals surface area (Å²) in [7, 11) is 0. The Kier molecular flexibility index (Phi) is 3.48. The number of fused-ring (bicyclic) bond motifs is 1. The Balaban J connectivity index is 1.64. The lowest BCUT2D eigenvalue weighted by Crippen LogP contribution is -2.50. The molecule has 2 aromatic rings. The zero-order chi connectivity index (χ0) is 14.9. The summed E-state index contributed by atoms with van der Waals surface area (Å²) in [6, 6.07) is 15.0. The number of aliphatic hydroxyl groups is 1. The fourth-order valence-electron chi connectivity index (χ4n) is 3.03. The maximum absolute atomic E-state index is 9.46. The molecule has 0 aromatic heterocycles. The van der Waals surface area contributed by atoms with Crippen LogP contribution in [0.5, 0.6) is 0 Å². The molecule has 4 heteroatoms. The molecular weight excluding hydrogens is 276 g/mol. The van der Waals surface area contributed by atoms with Crippen molar-refractivity contribution in [3.8, 4) is 11.1 Å². The summed E-state index contributed by atoms with van der Waals surface area (Å²) >= 11 is 0. The third kappa shape index (κ3) is 2.56. The highest BCUT2D eigenvalue weighted by molar-refractivity contribution is 5.73. The molecule has 22 heavy (non-hydrogen) atoms. The van der Waals surface area contributed by atoms with Gasteiger partial charge >= 0.3 is 0 Å². The Morgan fingerprint density at radius 3 is 2.82 bits per heavy atom. The lowest BCUT2D eigenvalue weighted by molar-refractivity contribution is 0.135. The van der Waals surface area contributed by atoms with Crippen LogP contribution >= 0.6 is 0 Å². The van der Waals surface area contributed by atoms with Gasteiger partial charge in [0, 0.05) is 36.6 Å². The summed E-state index contributed by atoms with van der Waals surface area (Å²) in [5.74, 6) is 0. The molecule has 0 bridgehead atoms. The van der Waals surface area contributed by atoms with E-state index in [-0.39, 0.29) is 6.10 Å². The molecule has 0 radical (unpaired) electrons. The zero-order valence-corrected chi connectivity index (χ0v) is 12.5. The topological polar surface area (TPSA) is 44.7 Å². The Hall–Kier alpha value is -2.04. The molecule has 1 fully saturated rings. The lowest BCUT2D eigenvalue weighted by Gasteiger charge is -2.38. The van der Waals surface area contributed by atoms with Crippen molar-refractivity contribution < 1.29 is 9.84 Å². The van der Waals surface area contributed by atoms with Gasteiger partial charge in [0.2, 0.25) is 0 Å². The standard InChI is InChI=1S/C18H20N2O2/c21-17-10-20(11-17)16-3-1-2-13(8-16)14-4-5-15-12-22-7-6-19-18(15)9-14/h1-5,8-9,17,19,21H,6-7,10-12H2. The summed E-state index contributed by atoms with van der Waals surface area (Å²) in [5.41, 5.74) is 5.96. The second-order valence-corrected chi connectivity index (χ2v) is 5.96. The maximum atomic E-state index is 9.46. The molecule has 1 saturated heterocycles. The van der Waals surface area contributed by atoms with Crippen LogP contribution < -0.4 is 10.2 Å². The second-order valence-electron chi connectivity index (χ2n) is 5.96. The fourth-order valence-corrected chi connectivity index (χ4v) is 3.03. The van der Waals surface area contributed by atoms with Crippen LogP contribution in [0.4, 0.5) is 11.4 Å². The van der Waals surface area contributed by atoms with Gasteiger partial charge in [-0.1, -0.05) is 24.3 Å². The Bertz CT molecular complexity index is 681. The summed E-state index contributed by atoms with van der Waals surface area (Å²) < 4.78 is 5.56. The number of ether oxygens (including phenoxy) is 1. The average Bonchev–Trinajstić information content (AvgIpc) is 2.76. The largest absolute Gasteiger partial charge is 0.389 e. The second kappa shape index (κ2) is 5.63. The van der Waals surface area contributed by atoms with E-state index in [4.69, 9.17) is 4.74 Å². The number of nitrogens with zero attached hydrogens (tertiary/aromatic N) is 1. The van der Waals surface area contributed by atoms with Crippen molar-refractivity contribution in [2.24, 2.45) is 0 Å². The summed E-state index contributed by atoms with van der Waals surface area (Å²) in [6.45, 7) is 3.73. The number of benzene rings is 2. The molecule has 0 amide bonds. The van der Waals surface area contributed by atoms with E-state index in [1.54, 1.807) is 0 Å². The Morgan fingerprint density at radius 1 is 1.09 bits per heavy atom. The highest BCUT2D eigenvalue weighted by Gasteiger charge is 2.24. The first-order chi connectivity index (χ1) is 10.8. The van der Waals surface area contributed by atoms with Gasteiger partial charge in [0.15, 0.2) is 0 Å². The summed E-state index contributed by atoms with van der Waals surface area (Å²) in [6.07, 6.45) is -0.180. The van der Waals surface area contributed by atoms with E-state index in [9.17, 15) is 5.11 Å². The number of anilines is 2. The molecule has 114 valence electrons. The third-order valence-electron chi connectivity index (χ3n) is 4.34. The number of hydrogen-bond donors (Lipinski definition) is 2. The van der Waals surface area contributed by atoms with Gasteiger partial charge in [0.25, 0.3) is 0 Å². The van der Waals surface area contributed by atoms with Crippen molar-refractivity contribution >= 4 is 11.4 Å². The summed E-state index contributed by atoms with van der Waals surface area (Å²) in [5, 5.41) is 12.9. The fraction of sp³-hybridized carbons (Fsp3) is 0.333. The van der Waals surface area contributed by atoms with Crippen LogP contribution in [0.3, 0.4) is 0 Å². The van der Waals surface area contributed by atoms with Crippen molar-refractivity contribution in [2.75, 3.05) is 36.5 Å². The predicted molar refractivity (Wildman–Crippen MR) is 88.2 cm³/mol. The smallest absolute Gasteiger partial charge is 0.0889 e. The van der Waals surface area contributed by atoms with E-state index in [1.165, 1.54) is 28.1 Å². The minimum absolute atomic E-state index is 0.180. The molecule has 2 N–H and O–H groups in total. The first-order valence-corrected chi connectivity index (χ1v) is 7.77. The van der Waals surface area contributed by atoms with E-state index in [0.29, 0.717) is 6.61 Å². The predicted octanol–water partition coefficient (Wildman–Crippen LogP) is 2.48. The normalized spacial score (nSPS) is 18.1. The molecule has 0 unspecified atom stereocenters. The number of hydrogen-bond acceptors (Lipinski definition) is 4. The van der Waals surface area contributed by atoms with Crippen molar-refractivity contribution in [2.45, 2.75) is 12.7 Å². The van der Waals surface area contributed by atoms with E-state index in [1.807, 2.05) is 0 Å².